The average molecular weight is 374 g/mol. The average Bonchev–Trinajstić information content (AvgIpc) is 2.63. The Morgan fingerprint density at radius 1 is 0.962 bits per heavy atom. The molecule has 26 heavy (non-hydrogen) atoms. The minimum Gasteiger partial charge on any atom is -0.478 e. The summed E-state index contributed by atoms with van der Waals surface area (Å²) >= 11 is 0. The number of carbonyl (C=O) groups excluding carboxylic acids is 1. The molecule has 0 bridgehead atoms. The third-order valence-electron chi connectivity index (χ3n) is 4.22. The van der Waals surface area contributed by atoms with Crippen molar-refractivity contribution in [3.63, 3.8) is 0 Å². The smallest absolute Gasteiger partial charge is 0.335 e. The van der Waals surface area contributed by atoms with Gasteiger partial charge in [-0.15, -0.1) is 0 Å². The van der Waals surface area contributed by atoms with Gasteiger partial charge in [0.2, 0.25) is 0 Å². The quantitative estimate of drug-likeness (QED) is 0.833. The summed E-state index contributed by atoms with van der Waals surface area (Å²) in [6.45, 7) is 1.33. The Labute approximate surface area is 151 Å². The number of piperidine rings is 1. The van der Waals surface area contributed by atoms with Gasteiger partial charge in [-0.25, -0.2) is 13.2 Å². The summed E-state index contributed by atoms with van der Waals surface area (Å²) in [6.07, 6.45) is 1.06. The highest BCUT2D eigenvalue weighted by molar-refractivity contribution is 7.92. The Bertz CT molecular complexity index is 911. The van der Waals surface area contributed by atoms with Crippen molar-refractivity contribution in [1.29, 1.82) is 0 Å². The number of anilines is 2. The highest BCUT2D eigenvalue weighted by Gasteiger charge is 2.18. The van der Waals surface area contributed by atoms with E-state index in [9.17, 15) is 18.0 Å². The van der Waals surface area contributed by atoms with Crippen molar-refractivity contribution < 1.29 is 23.1 Å². The van der Waals surface area contributed by atoms with Crippen molar-refractivity contribution in [2.45, 2.75) is 17.7 Å². The van der Waals surface area contributed by atoms with Gasteiger partial charge in [0, 0.05) is 37.3 Å². The highest BCUT2D eigenvalue weighted by Crippen LogP contribution is 2.23. The molecule has 2 aromatic rings. The van der Waals surface area contributed by atoms with Gasteiger partial charge >= 0.3 is 5.97 Å². The number of rotatable bonds is 5. The van der Waals surface area contributed by atoms with E-state index in [0.29, 0.717) is 31.6 Å². The number of hydrogen-bond donors (Lipinski definition) is 2. The highest BCUT2D eigenvalue weighted by atomic mass is 32.2. The largest absolute Gasteiger partial charge is 0.478 e. The lowest BCUT2D eigenvalue weighted by Gasteiger charge is -2.28. The maximum absolute atomic E-state index is 12.4. The number of carboxylic acid groups (broad SMARTS) is 1. The van der Waals surface area contributed by atoms with E-state index in [0.717, 1.165) is 5.69 Å². The Balaban J connectivity index is 1.71. The lowest BCUT2D eigenvalue weighted by Crippen LogP contribution is -2.33. The van der Waals surface area contributed by atoms with Gasteiger partial charge in [0.15, 0.2) is 0 Å². The zero-order valence-corrected chi connectivity index (χ0v) is 14.7. The predicted octanol–water partition coefficient (Wildman–Crippen LogP) is 2.35. The molecule has 7 nitrogen and oxygen atoms in total. The van der Waals surface area contributed by atoms with Crippen LogP contribution in [0.15, 0.2) is 53.4 Å². The molecule has 0 saturated carbocycles. The van der Waals surface area contributed by atoms with Gasteiger partial charge in [0.25, 0.3) is 10.0 Å². The Kier molecular flexibility index (Phi) is 4.94. The molecule has 0 aromatic heterocycles. The van der Waals surface area contributed by atoms with Crippen molar-refractivity contribution in [3.8, 4) is 0 Å². The van der Waals surface area contributed by atoms with Gasteiger partial charge in [0.1, 0.15) is 5.78 Å². The third-order valence-corrected chi connectivity index (χ3v) is 5.61. The van der Waals surface area contributed by atoms with Crippen LogP contribution in [0.2, 0.25) is 0 Å². The molecule has 136 valence electrons. The van der Waals surface area contributed by atoms with E-state index in [1.807, 2.05) is 0 Å². The van der Waals surface area contributed by atoms with E-state index in [4.69, 9.17) is 5.11 Å². The van der Waals surface area contributed by atoms with E-state index < -0.39 is 16.0 Å². The second-order valence-electron chi connectivity index (χ2n) is 6.01. The molecule has 2 N–H and O–H groups in total. The van der Waals surface area contributed by atoms with E-state index in [1.54, 1.807) is 24.3 Å². The SMILES string of the molecule is O=C1CCN(c2ccc(NS(=O)(=O)c3ccc(C(=O)O)cc3)cc2)CC1. The first-order valence-electron chi connectivity index (χ1n) is 8.08. The molecule has 1 saturated heterocycles. The topological polar surface area (TPSA) is 104 Å². The number of carbonyl (C=O) groups is 2. The molecule has 1 aliphatic heterocycles. The number of hydrogen-bond acceptors (Lipinski definition) is 5. The number of nitrogens with zero attached hydrogens (tertiary/aromatic N) is 1. The maximum Gasteiger partial charge on any atom is 0.335 e. The van der Waals surface area contributed by atoms with Crippen molar-refractivity contribution in [2.75, 3.05) is 22.7 Å². The zero-order valence-electron chi connectivity index (χ0n) is 13.9. The molecule has 0 aliphatic carbocycles. The molecule has 1 aliphatic rings. The van der Waals surface area contributed by atoms with Crippen molar-refractivity contribution in [2.24, 2.45) is 0 Å². The first-order valence-corrected chi connectivity index (χ1v) is 9.56. The van der Waals surface area contributed by atoms with Crippen LogP contribution in [0.1, 0.15) is 23.2 Å². The second-order valence-corrected chi connectivity index (χ2v) is 7.69. The fourth-order valence-corrected chi connectivity index (χ4v) is 3.80. The number of Topliss-reactive ketones (excluding diaryl/α,β-unsaturated/α-hetero) is 1. The molecule has 0 radical (unpaired) electrons. The first kappa shape index (κ1) is 17.9. The molecular formula is C18H18N2O5S. The number of aromatic carboxylic acids is 1. The minimum atomic E-state index is -3.80. The number of nitrogens with one attached hydrogen (secondary N) is 1. The molecule has 1 fully saturated rings. The van der Waals surface area contributed by atoms with Crippen LogP contribution in [-0.4, -0.2) is 38.4 Å². The van der Waals surface area contributed by atoms with E-state index in [2.05, 4.69) is 9.62 Å². The third kappa shape index (κ3) is 4.02. The summed E-state index contributed by atoms with van der Waals surface area (Å²) in [7, 11) is -3.80. The zero-order chi connectivity index (χ0) is 18.7. The Hall–Kier alpha value is -2.87. The first-order chi connectivity index (χ1) is 12.3. The lowest BCUT2D eigenvalue weighted by atomic mass is 10.1. The van der Waals surface area contributed by atoms with Crippen molar-refractivity contribution >= 4 is 33.2 Å². The Morgan fingerprint density at radius 2 is 1.54 bits per heavy atom. The Morgan fingerprint density at radius 3 is 2.08 bits per heavy atom. The predicted molar refractivity (Wildman–Crippen MR) is 97.1 cm³/mol. The minimum absolute atomic E-state index is 0.0129. The molecule has 1 heterocycles. The monoisotopic (exact) mass is 374 g/mol. The van der Waals surface area contributed by atoms with Crippen LogP contribution in [0, 0.1) is 0 Å². The normalized spacial score (nSPS) is 14.9. The van der Waals surface area contributed by atoms with E-state index in [1.165, 1.54) is 24.3 Å². The molecule has 0 atom stereocenters. The van der Waals surface area contributed by atoms with Crippen LogP contribution >= 0.6 is 0 Å². The fourth-order valence-electron chi connectivity index (χ4n) is 2.75. The van der Waals surface area contributed by atoms with E-state index in [-0.39, 0.29) is 16.2 Å². The van der Waals surface area contributed by atoms with E-state index >= 15 is 0 Å². The van der Waals surface area contributed by atoms with Crippen molar-refractivity contribution in [3.05, 3.63) is 54.1 Å². The molecular weight excluding hydrogens is 356 g/mol. The van der Waals surface area contributed by atoms with Gasteiger partial charge in [-0.3, -0.25) is 9.52 Å². The molecule has 0 amide bonds. The summed E-state index contributed by atoms with van der Waals surface area (Å²) in [4.78, 5) is 24.2. The summed E-state index contributed by atoms with van der Waals surface area (Å²) in [6, 6.07) is 11.9. The standard InChI is InChI=1S/C18H18N2O5S/c21-16-9-11-20(12-10-16)15-5-3-14(4-6-15)19-26(24,25)17-7-1-13(2-8-17)18(22)23/h1-8,19H,9-12H2,(H,22,23). The van der Waals surface area contributed by atoms with Gasteiger partial charge < -0.3 is 10.0 Å². The second kappa shape index (κ2) is 7.17. The van der Waals surface area contributed by atoms with Crippen LogP contribution in [0.25, 0.3) is 0 Å². The number of carboxylic acids is 1. The van der Waals surface area contributed by atoms with Crippen LogP contribution in [-0.2, 0) is 14.8 Å². The van der Waals surface area contributed by atoms with Crippen LogP contribution < -0.4 is 9.62 Å². The number of benzene rings is 2. The summed E-state index contributed by atoms with van der Waals surface area (Å²) in [5.41, 5.74) is 1.36. The molecule has 3 rings (SSSR count). The van der Waals surface area contributed by atoms with Crippen LogP contribution in [0.5, 0.6) is 0 Å². The molecule has 8 heteroatoms. The molecule has 0 spiro atoms. The number of sulfonamides is 1. The van der Waals surface area contributed by atoms with Crippen LogP contribution in [0.4, 0.5) is 11.4 Å². The number of ketones is 1. The fraction of sp³-hybridized carbons (Fsp3) is 0.222. The summed E-state index contributed by atoms with van der Waals surface area (Å²) in [5.74, 6) is -0.851. The van der Waals surface area contributed by atoms with Gasteiger partial charge in [-0.2, -0.15) is 0 Å². The lowest BCUT2D eigenvalue weighted by molar-refractivity contribution is -0.119. The van der Waals surface area contributed by atoms with Crippen LogP contribution in [0.3, 0.4) is 0 Å². The maximum atomic E-state index is 12.4. The molecule has 2 aromatic carbocycles. The van der Waals surface area contributed by atoms with Gasteiger partial charge in [0.05, 0.1) is 10.5 Å². The summed E-state index contributed by atoms with van der Waals surface area (Å²) in [5, 5.41) is 8.87. The van der Waals surface area contributed by atoms with Gasteiger partial charge in [-0.1, -0.05) is 0 Å². The van der Waals surface area contributed by atoms with Gasteiger partial charge in [-0.05, 0) is 48.5 Å². The summed E-state index contributed by atoms with van der Waals surface area (Å²) < 4.78 is 27.3. The van der Waals surface area contributed by atoms with Crippen molar-refractivity contribution in [1.82, 2.24) is 0 Å². The molecule has 0 unspecified atom stereocenters.